The molecule has 3 N–H and O–H groups in total. The first-order valence-corrected chi connectivity index (χ1v) is 7.44. The predicted octanol–water partition coefficient (Wildman–Crippen LogP) is 2.51. The van der Waals surface area contributed by atoms with E-state index in [0.29, 0.717) is 11.4 Å². The van der Waals surface area contributed by atoms with Crippen molar-refractivity contribution in [2.45, 2.75) is 23.8 Å². The summed E-state index contributed by atoms with van der Waals surface area (Å²) in [7, 11) is 0. The van der Waals surface area contributed by atoms with Crippen molar-refractivity contribution in [1.82, 2.24) is 9.36 Å². The van der Waals surface area contributed by atoms with Gasteiger partial charge in [0.2, 0.25) is 0 Å². The molecule has 0 saturated carbocycles. The second-order valence-corrected chi connectivity index (χ2v) is 5.85. The second-order valence-electron chi connectivity index (χ2n) is 3.83. The Morgan fingerprint density at radius 1 is 1.50 bits per heavy atom. The van der Waals surface area contributed by atoms with Crippen LogP contribution in [0.1, 0.15) is 24.4 Å². The zero-order valence-corrected chi connectivity index (χ0v) is 11.7. The number of nitrogens with two attached hydrogens (primary N) is 1. The van der Waals surface area contributed by atoms with E-state index < -0.39 is 6.10 Å². The molecule has 4 nitrogen and oxygen atoms in total. The Kier molecular flexibility index (Phi) is 4.57. The van der Waals surface area contributed by atoms with Gasteiger partial charge >= 0.3 is 0 Å². The number of hydrogen-bond donors (Lipinski definition) is 2. The molecule has 18 heavy (non-hydrogen) atoms. The summed E-state index contributed by atoms with van der Waals surface area (Å²) in [6, 6.07) is 7.32. The molecular formula is C12H15N3OS2. The summed E-state index contributed by atoms with van der Waals surface area (Å²) in [6.07, 6.45) is 0.307. The van der Waals surface area contributed by atoms with Crippen molar-refractivity contribution in [2.24, 2.45) is 0 Å². The minimum absolute atomic E-state index is 0.535. The van der Waals surface area contributed by atoms with Crippen LogP contribution in [0.3, 0.4) is 0 Å². The molecule has 0 radical (unpaired) electrons. The highest BCUT2D eigenvalue weighted by Crippen LogP contribution is 2.26. The van der Waals surface area contributed by atoms with Crippen LogP contribution < -0.4 is 5.73 Å². The number of aliphatic hydroxyl groups excluding tert-OH is 1. The second kappa shape index (κ2) is 6.17. The molecule has 1 aromatic heterocycles. The molecule has 1 heterocycles. The molecule has 0 amide bonds. The summed E-state index contributed by atoms with van der Waals surface area (Å²) in [5, 5.41) is 10.1. The lowest BCUT2D eigenvalue weighted by atomic mass is 10.1. The largest absolute Gasteiger partial charge is 0.399 e. The molecule has 2 rings (SSSR count). The number of aryl methyl sites for hydroxylation is 1. The van der Waals surface area contributed by atoms with Crippen LogP contribution in [0.25, 0.3) is 0 Å². The molecule has 1 atom stereocenters. The molecule has 96 valence electrons. The number of anilines is 1. The lowest BCUT2D eigenvalue weighted by molar-refractivity contribution is 0.204. The average molecular weight is 281 g/mol. The Bertz CT molecular complexity index is 516. The van der Waals surface area contributed by atoms with Crippen molar-refractivity contribution < 1.29 is 5.11 Å². The Labute approximate surface area is 114 Å². The molecule has 1 aromatic carbocycles. The van der Waals surface area contributed by atoms with E-state index in [9.17, 15) is 5.11 Å². The van der Waals surface area contributed by atoms with Gasteiger partial charge in [0.15, 0.2) is 4.34 Å². The van der Waals surface area contributed by atoms with Crippen LogP contribution in [0.5, 0.6) is 0 Å². The van der Waals surface area contributed by atoms with Gasteiger partial charge in [-0.25, -0.2) is 4.98 Å². The van der Waals surface area contributed by atoms with E-state index in [1.54, 1.807) is 6.07 Å². The van der Waals surface area contributed by atoms with Gasteiger partial charge in [0, 0.05) is 17.9 Å². The number of hydrogen-bond acceptors (Lipinski definition) is 6. The van der Waals surface area contributed by atoms with Crippen LogP contribution in [-0.2, 0) is 6.42 Å². The molecule has 0 aliphatic rings. The van der Waals surface area contributed by atoms with E-state index >= 15 is 0 Å². The maximum absolute atomic E-state index is 10.1. The van der Waals surface area contributed by atoms with Gasteiger partial charge in [0.25, 0.3) is 0 Å². The first-order valence-electron chi connectivity index (χ1n) is 5.68. The fraction of sp³-hybridized carbons (Fsp3) is 0.333. The van der Waals surface area contributed by atoms with E-state index in [0.717, 1.165) is 22.1 Å². The number of aromatic nitrogens is 2. The van der Waals surface area contributed by atoms with E-state index in [4.69, 9.17) is 5.73 Å². The normalized spacial score (nSPS) is 12.6. The molecular weight excluding hydrogens is 266 g/mol. The third-order valence-corrected chi connectivity index (χ3v) is 4.37. The molecule has 1 unspecified atom stereocenters. The third kappa shape index (κ3) is 3.44. The van der Waals surface area contributed by atoms with Gasteiger partial charge < -0.3 is 10.8 Å². The molecule has 0 aliphatic heterocycles. The maximum atomic E-state index is 10.1. The summed E-state index contributed by atoms with van der Waals surface area (Å²) in [5.74, 6) is 1.42. The molecule has 0 fully saturated rings. The Morgan fingerprint density at radius 2 is 2.33 bits per heavy atom. The fourth-order valence-electron chi connectivity index (χ4n) is 1.45. The van der Waals surface area contributed by atoms with Crippen molar-refractivity contribution in [3.05, 3.63) is 35.7 Å². The van der Waals surface area contributed by atoms with Crippen LogP contribution in [0.15, 0.2) is 28.6 Å². The molecule has 6 heteroatoms. The van der Waals surface area contributed by atoms with Crippen LogP contribution in [0, 0.1) is 0 Å². The van der Waals surface area contributed by atoms with Gasteiger partial charge in [-0.15, -0.1) is 0 Å². The molecule has 0 aliphatic carbocycles. The van der Waals surface area contributed by atoms with Gasteiger partial charge in [-0.1, -0.05) is 30.8 Å². The minimum atomic E-state index is -0.535. The van der Waals surface area contributed by atoms with Gasteiger partial charge in [-0.3, -0.25) is 0 Å². The van der Waals surface area contributed by atoms with E-state index in [1.807, 2.05) is 25.1 Å². The number of nitrogen functional groups attached to an aromatic ring is 1. The third-order valence-electron chi connectivity index (χ3n) is 2.43. The van der Waals surface area contributed by atoms with Crippen LogP contribution in [0.2, 0.25) is 0 Å². The van der Waals surface area contributed by atoms with Crippen molar-refractivity contribution in [3.63, 3.8) is 0 Å². The average Bonchev–Trinajstić information content (AvgIpc) is 2.84. The summed E-state index contributed by atoms with van der Waals surface area (Å²) in [6.45, 7) is 2.03. The van der Waals surface area contributed by atoms with Crippen LogP contribution in [0.4, 0.5) is 5.69 Å². The molecule has 0 saturated heterocycles. The van der Waals surface area contributed by atoms with Gasteiger partial charge in [0.1, 0.15) is 5.82 Å². The van der Waals surface area contributed by atoms with Crippen molar-refractivity contribution in [1.29, 1.82) is 0 Å². The summed E-state index contributed by atoms with van der Waals surface area (Å²) in [5.41, 5.74) is 7.19. The molecule has 2 aromatic rings. The Morgan fingerprint density at radius 3 is 3.00 bits per heavy atom. The summed E-state index contributed by atoms with van der Waals surface area (Å²) < 4.78 is 5.11. The zero-order valence-electron chi connectivity index (χ0n) is 10.0. The quantitative estimate of drug-likeness (QED) is 0.651. The molecule has 0 spiro atoms. The van der Waals surface area contributed by atoms with E-state index in [1.165, 1.54) is 23.3 Å². The minimum Gasteiger partial charge on any atom is -0.399 e. The highest BCUT2D eigenvalue weighted by Gasteiger charge is 2.10. The Hall–Kier alpha value is -1.11. The van der Waals surface area contributed by atoms with Gasteiger partial charge in [-0.05, 0) is 29.2 Å². The highest BCUT2D eigenvalue weighted by atomic mass is 32.2. The van der Waals surface area contributed by atoms with E-state index in [-0.39, 0.29) is 0 Å². The smallest absolute Gasteiger partial charge is 0.170 e. The van der Waals surface area contributed by atoms with Crippen molar-refractivity contribution in [3.8, 4) is 0 Å². The fourth-order valence-corrected chi connectivity index (χ4v) is 3.14. The van der Waals surface area contributed by atoms with Crippen LogP contribution in [-0.4, -0.2) is 20.2 Å². The maximum Gasteiger partial charge on any atom is 0.170 e. The summed E-state index contributed by atoms with van der Waals surface area (Å²) in [4.78, 5) is 4.35. The number of rotatable bonds is 5. The van der Waals surface area contributed by atoms with Gasteiger partial charge in [-0.2, -0.15) is 4.37 Å². The van der Waals surface area contributed by atoms with Crippen molar-refractivity contribution >= 4 is 29.0 Å². The summed E-state index contributed by atoms with van der Waals surface area (Å²) >= 11 is 2.90. The lowest BCUT2D eigenvalue weighted by Crippen LogP contribution is -2.01. The number of benzene rings is 1. The number of nitrogens with zero attached hydrogens (tertiary/aromatic N) is 2. The standard InChI is InChI=1S/C12H15N3OS2/c1-2-11-14-12(18-15-11)17-7-10(16)8-4-3-5-9(13)6-8/h3-6,10,16H,2,7,13H2,1H3. The topological polar surface area (TPSA) is 72.0 Å². The number of aliphatic hydroxyl groups is 1. The SMILES string of the molecule is CCc1nsc(SCC(O)c2cccc(N)c2)n1. The monoisotopic (exact) mass is 281 g/mol. The Balaban J connectivity index is 1.93. The highest BCUT2D eigenvalue weighted by molar-refractivity contribution is 8.00. The first-order chi connectivity index (χ1) is 8.69. The molecule has 0 bridgehead atoms. The van der Waals surface area contributed by atoms with Crippen molar-refractivity contribution in [2.75, 3.05) is 11.5 Å². The zero-order chi connectivity index (χ0) is 13.0. The van der Waals surface area contributed by atoms with E-state index in [2.05, 4.69) is 9.36 Å². The lowest BCUT2D eigenvalue weighted by Gasteiger charge is -2.09. The number of thioether (sulfide) groups is 1. The predicted molar refractivity (Wildman–Crippen MR) is 75.8 cm³/mol. The van der Waals surface area contributed by atoms with Crippen LogP contribution >= 0.6 is 23.3 Å². The first kappa shape index (κ1) is 13.3. The van der Waals surface area contributed by atoms with Gasteiger partial charge in [0.05, 0.1) is 6.10 Å².